The number of carboxylic acids is 1. The number of carbonyl (C=O) groups is 3. The van der Waals surface area contributed by atoms with E-state index in [2.05, 4.69) is 10.5 Å². The number of cyclic esters (lactones) is 1. The largest absolute Gasteiger partial charge is 0.477 e. The number of pyridine rings is 1. The van der Waals surface area contributed by atoms with Crippen LogP contribution in [0.2, 0.25) is 0 Å². The lowest BCUT2D eigenvalue weighted by atomic mass is 9.73. The summed E-state index contributed by atoms with van der Waals surface area (Å²) in [5.41, 5.74) is -4.17. The molecule has 2 aromatic rings. The van der Waals surface area contributed by atoms with Crippen molar-refractivity contribution in [3.8, 4) is 0 Å². The van der Waals surface area contributed by atoms with E-state index in [1.54, 1.807) is 91.3 Å². The molecule has 0 unspecified atom stereocenters. The van der Waals surface area contributed by atoms with Crippen molar-refractivity contribution < 1.29 is 82.6 Å². The van der Waals surface area contributed by atoms with Crippen molar-refractivity contribution in [2.75, 3.05) is 67.3 Å². The lowest BCUT2D eigenvalue weighted by Crippen LogP contribution is -2.61. The number of aromatic carboxylic acids is 1. The van der Waals surface area contributed by atoms with Gasteiger partial charge in [-0.15, -0.1) is 0 Å². The fraction of sp³-hybridized carbons (Fsp3) is 0.772. The van der Waals surface area contributed by atoms with Crippen LogP contribution in [0, 0.1) is 23.7 Å². The smallest absolute Gasteiger partial charge is 0.341 e. The summed E-state index contributed by atoms with van der Waals surface area (Å²) >= 11 is 0. The van der Waals surface area contributed by atoms with Gasteiger partial charge in [-0.05, 0) is 112 Å². The van der Waals surface area contributed by atoms with Crippen molar-refractivity contribution in [3.63, 3.8) is 0 Å². The highest BCUT2D eigenvalue weighted by atomic mass is 16.7. The summed E-state index contributed by atoms with van der Waals surface area (Å²) in [5, 5.41) is 68.1. The Balaban J connectivity index is 1.37. The molecule has 1 aromatic heterocycles. The quantitative estimate of drug-likeness (QED) is 0.0478. The molecule has 454 valence electrons. The van der Waals surface area contributed by atoms with E-state index in [-0.39, 0.29) is 55.9 Å². The van der Waals surface area contributed by atoms with Crippen molar-refractivity contribution in [2.24, 2.45) is 28.8 Å². The number of oxime groups is 1. The number of ether oxygens (including phenoxy) is 8. The molecule has 0 amide bonds. The Morgan fingerprint density at radius 2 is 1.61 bits per heavy atom. The Hall–Kier alpha value is -4.37. The molecule has 23 heteroatoms. The number of fused-ring (bicyclic) bond motifs is 1. The Bertz CT molecular complexity index is 2470. The second-order valence-electron chi connectivity index (χ2n) is 23.4. The molecular formula is C57H93N5O18. The van der Waals surface area contributed by atoms with Gasteiger partial charge in [-0.3, -0.25) is 19.1 Å². The standard InChI is InChI=1S/C57H93N5O18/c1-17-42-57(10,71)49(66)33(4)45(59-74-30-72-15)31(2)27-55(8,70)50(80-54-47(65)41(60(11)12)25-32(3)75-54)34(5)48(35(6)53(69)77-42)79-44-28-56(9,73-16)51(36(7)76-44)78-43(63)22-24-58-23-18-19-37-20-21-40-38(26-37)46(64)39(52(67)68)29-62(40)61(13)14/h20-21,26,29,31-36,41-42,44,47-51,54,58,65-66,70-71H,17-19,22-25,27-28,30H2,1-16H3,(H,67,68)/b59-45+/t31-,32-,33-,34+,35-,36+,41+,42-,44+,47-,48+,49-,50-,51+,54+,55-,56-,57-/m1/s1. The van der Waals surface area contributed by atoms with Crippen LogP contribution >= 0.6 is 0 Å². The highest BCUT2D eigenvalue weighted by molar-refractivity contribution is 5.93. The average molecular weight is 1140 g/mol. The molecule has 3 fully saturated rings. The van der Waals surface area contributed by atoms with E-state index in [4.69, 9.17) is 42.7 Å². The number of hydrogen-bond donors (Lipinski definition) is 6. The van der Waals surface area contributed by atoms with Crippen molar-refractivity contribution >= 4 is 34.5 Å². The summed E-state index contributed by atoms with van der Waals surface area (Å²) in [6.45, 7) is 17.5. The summed E-state index contributed by atoms with van der Waals surface area (Å²) in [6.07, 6.45) is -7.65. The molecule has 6 N–H and O–H groups in total. The SMILES string of the molecule is CC[C@H]1OC(=O)[C@H](C)[C@@H](O[C@H]2C[C@@](C)(OC)[C@@H](OC(=O)CCNCCCc3ccc4c(c3)c(=O)c(C(=O)O)cn4N(C)C)[C@H](C)O2)[C@H](C)[C@@H](O[C@@H]2O[C@H](C)C[C@H](N(C)C)[C@H]2O)[C@](C)(O)C[C@@H](C)/C(=N\OCOC)[C@@H](C)[C@@H](O)[C@]1(C)O. The van der Waals surface area contributed by atoms with E-state index >= 15 is 0 Å². The predicted molar refractivity (Wildman–Crippen MR) is 297 cm³/mol. The number of carbonyl (C=O) groups excluding carboxylic acids is 2. The van der Waals surface area contributed by atoms with Crippen LogP contribution < -0.4 is 15.8 Å². The molecule has 3 aliphatic heterocycles. The zero-order valence-electron chi connectivity index (χ0n) is 49.9. The number of esters is 2. The van der Waals surface area contributed by atoms with Crippen LogP contribution in [0.25, 0.3) is 10.9 Å². The average Bonchev–Trinajstić information content (AvgIpc) is 3.39. The number of likely N-dealkylation sites (N-methyl/N-ethyl adjacent to an activating group) is 1. The number of rotatable bonds is 20. The first-order valence-electron chi connectivity index (χ1n) is 28.0. The van der Waals surface area contributed by atoms with Gasteiger partial charge in [0.05, 0.1) is 59.7 Å². The second kappa shape index (κ2) is 28.3. The van der Waals surface area contributed by atoms with Crippen LogP contribution in [-0.4, -0.2) is 205 Å². The Morgan fingerprint density at radius 3 is 2.23 bits per heavy atom. The minimum atomic E-state index is -2.01. The van der Waals surface area contributed by atoms with E-state index < -0.39 is 119 Å². The normalized spacial score (nSPS) is 36.3. The topological polar surface area (TPSA) is 288 Å². The summed E-state index contributed by atoms with van der Waals surface area (Å²) in [4.78, 5) is 60.5. The number of aliphatic hydroxyl groups excluding tert-OH is 2. The maximum absolute atomic E-state index is 14.6. The Labute approximate surface area is 471 Å². The maximum Gasteiger partial charge on any atom is 0.341 e. The number of aryl methyl sites for hydroxylation is 1. The molecule has 0 saturated carbocycles. The number of aromatic nitrogens is 1. The molecule has 5 rings (SSSR count). The molecule has 0 radical (unpaired) electrons. The Kier molecular flexibility index (Phi) is 23.5. The van der Waals surface area contributed by atoms with Crippen LogP contribution in [0.15, 0.2) is 34.3 Å². The zero-order chi connectivity index (χ0) is 59.8. The molecule has 80 heavy (non-hydrogen) atoms. The summed E-state index contributed by atoms with van der Waals surface area (Å²) in [7, 11) is 10.1. The third-order valence-electron chi connectivity index (χ3n) is 16.5. The van der Waals surface area contributed by atoms with Gasteiger partial charge in [0.1, 0.15) is 29.0 Å². The monoisotopic (exact) mass is 1140 g/mol. The number of aliphatic hydroxyl groups is 4. The van der Waals surface area contributed by atoms with Gasteiger partial charge in [0.15, 0.2) is 18.7 Å². The zero-order valence-corrected chi connectivity index (χ0v) is 49.9. The van der Waals surface area contributed by atoms with Gasteiger partial charge in [0.25, 0.3) is 0 Å². The van der Waals surface area contributed by atoms with E-state index in [1.165, 1.54) is 27.3 Å². The molecule has 18 atom stereocenters. The predicted octanol–water partition coefficient (Wildman–Crippen LogP) is 3.57. The number of carboxylic acid groups (broad SMARTS) is 1. The van der Waals surface area contributed by atoms with Crippen LogP contribution in [-0.2, 0) is 58.7 Å². The van der Waals surface area contributed by atoms with E-state index in [0.717, 1.165) is 5.56 Å². The lowest BCUT2D eigenvalue weighted by Gasteiger charge is -2.49. The molecule has 0 aliphatic carbocycles. The minimum absolute atomic E-state index is 0.00744. The fourth-order valence-corrected chi connectivity index (χ4v) is 11.9. The van der Waals surface area contributed by atoms with Crippen LogP contribution in [0.4, 0.5) is 0 Å². The number of hydrogen-bond acceptors (Lipinski definition) is 21. The third kappa shape index (κ3) is 15.6. The number of benzene rings is 1. The molecule has 1 aromatic carbocycles. The van der Waals surface area contributed by atoms with Crippen LogP contribution in [0.3, 0.4) is 0 Å². The summed E-state index contributed by atoms with van der Waals surface area (Å²) in [6, 6.07) is 5.05. The number of nitrogens with zero attached hydrogens (tertiary/aromatic N) is 4. The molecule has 3 saturated heterocycles. The Morgan fingerprint density at radius 1 is 0.925 bits per heavy atom. The lowest BCUT2D eigenvalue weighted by molar-refractivity contribution is -0.318. The molecule has 4 heterocycles. The number of methoxy groups -OCH3 is 2. The summed E-state index contributed by atoms with van der Waals surface area (Å²) < 4.78 is 51.6. The van der Waals surface area contributed by atoms with Crippen molar-refractivity contribution in [2.45, 2.75) is 198 Å². The molecule has 3 aliphatic rings. The minimum Gasteiger partial charge on any atom is -0.477 e. The van der Waals surface area contributed by atoms with Crippen LogP contribution in [0.1, 0.15) is 124 Å². The van der Waals surface area contributed by atoms with Crippen LogP contribution in [0.5, 0.6) is 0 Å². The van der Waals surface area contributed by atoms with Gasteiger partial charge in [-0.25, -0.2) is 4.79 Å². The maximum atomic E-state index is 14.6. The van der Waals surface area contributed by atoms with Gasteiger partial charge in [-0.2, -0.15) is 0 Å². The third-order valence-corrected chi connectivity index (χ3v) is 16.5. The van der Waals surface area contributed by atoms with E-state index in [0.29, 0.717) is 43.3 Å². The number of nitrogens with one attached hydrogen (secondary N) is 1. The molecule has 0 spiro atoms. The first kappa shape index (κ1) is 66.4. The van der Waals surface area contributed by atoms with Crippen molar-refractivity contribution in [1.82, 2.24) is 14.9 Å². The first-order chi connectivity index (χ1) is 37.4. The molecular weight excluding hydrogens is 1040 g/mol. The van der Waals surface area contributed by atoms with Gasteiger partial charge in [0.2, 0.25) is 12.2 Å². The van der Waals surface area contributed by atoms with Crippen molar-refractivity contribution in [1.29, 1.82) is 0 Å². The van der Waals surface area contributed by atoms with E-state index in [9.17, 15) is 44.7 Å². The van der Waals surface area contributed by atoms with Gasteiger partial charge in [-0.1, -0.05) is 38.9 Å². The van der Waals surface area contributed by atoms with Gasteiger partial charge >= 0.3 is 17.9 Å². The molecule has 23 nitrogen and oxygen atoms in total. The fourth-order valence-electron chi connectivity index (χ4n) is 11.9. The highest BCUT2D eigenvalue weighted by Gasteiger charge is 2.54. The first-order valence-corrected chi connectivity index (χ1v) is 28.0. The second-order valence-corrected chi connectivity index (χ2v) is 23.4. The summed E-state index contributed by atoms with van der Waals surface area (Å²) in [5.74, 6) is -6.21. The molecule has 0 bridgehead atoms. The van der Waals surface area contributed by atoms with Crippen molar-refractivity contribution in [3.05, 3.63) is 45.7 Å². The highest BCUT2D eigenvalue weighted by Crippen LogP contribution is 2.42. The van der Waals surface area contributed by atoms with E-state index in [1.807, 2.05) is 32.0 Å². The van der Waals surface area contributed by atoms with Gasteiger partial charge < -0.3 is 83.5 Å². The van der Waals surface area contributed by atoms with Gasteiger partial charge in [0, 0.05) is 76.7 Å².